The summed E-state index contributed by atoms with van der Waals surface area (Å²) in [5.41, 5.74) is 0.908. The average Bonchev–Trinajstić information content (AvgIpc) is 2.44. The van der Waals surface area contributed by atoms with E-state index >= 15 is 0 Å². The summed E-state index contributed by atoms with van der Waals surface area (Å²) in [5.74, 6) is -0.465. The van der Waals surface area contributed by atoms with E-state index in [1.54, 1.807) is 6.07 Å². The van der Waals surface area contributed by atoms with E-state index in [2.05, 4.69) is 15.0 Å². The normalized spacial score (nSPS) is 11.2. The first kappa shape index (κ1) is 15.2. The highest BCUT2D eigenvalue weighted by Crippen LogP contribution is 2.25. The molecule has 2 aromatic rings. The van der Waals surface area contributed by atoms with Gasteiger partial charge in [-0.2, -0.15) is 0 Å². The lowest BCUT2D eigenvalue weighted by molar-refractivity contribution is 0.600. The number of hydrogen-bond acceptors (Lipinski definition) is 4. The lowest BCUT2D eigenvalue weighted by atomic mass is 10.2. The van der Waals surface area contributed by atoms with E-state index in [1.165, 1.54) is 37.5 Å². The molecule has 112 valence electrons. The third kappa shape index (κ3) is 3.30. The maximum atomic E-state index is 13.5. The van der Waals surface area contributed by atoms with Crippen molar-refractivity contribution in [1.29, 1.82) is 0 Å². The number of aromatic nitrogens is 1. The monoisotopic (exact) mass is 309 g/mol. The summed E-state index contributed by atoms with van der Waals surface area (Å²) in [7, 11) is -3.85. The van der Waals surface area contributed by atoms with Gasteiger partial charge in [0.15, 0.2) is 0 Å². The summed E-state index contributed by atoms with van der Waals surface area (Å²) in [6.07, 6.45) is 2.76. The molecular formula is C14H16FN3O2S. The van der Waals surface area contributed by atoms with Gasteiger partial charge in [-0.05, 0) is 32.0 Å². The quantitative estimate of drug-likeness (QED) is 0.891. The minimum absolute atomic E-state index is 0.0236. The number of hydrogen-bond donors (Lipinski definition) is 2. The molecule has 0 bridgehead atoms. The first-order valence-electron chi connectivity index (χ1n) is 6.41. The molecule has 0 radical (unpaired) electrons. The second-order valence-electron chi connectivity index (χ2n) is 4.42. The van der Waals surface area contributed by atoms with Gasteiger partial charge >= 0.3 is 0 Å². The van der Waals surface area contributed by atoms with E-state index in [0.717, 1.165) is 0 Å². The fourth-order valence-corrected chi connectivity index (χ4v) is 3.10. The first-order valence-corrected chi connectivity index (χ1v) is 7.90. The lowest BCUT2D eigenvalue weighted by Crippen LogP contribution is -2.16. The van der Waals surface area contributed by atoms with E-state index < -0.39 is 15.8 Å². The largest absolute Gasteiger partial charge is 0.384 e. The molecule has 1 aromatic carbocycles. The van der Waals surface area contributed by atoms with Gasteiger partial charge < -0.3 is 5.32 Å². The van der Waals surface area contributed by atoms with Crippen LogP contribution in [0.25, 0.3) is 0 Å². The Morgan fingerprint density at radius 2 is 2.00 bits per heavy atom. The fourth-order valence-electron chi connectivity index (χ4n) is 1.85. The summed E-state index contributed by atoms with van der Waals surface area (Å²) in [6, 6.07) is 5.83. The third-order valence-corrected chi connectivity index (χ3v) is 4.35. The Morgan fingerprint density at radius 3 is 2.71 bits per heavy atom. The standard InChI is InChI=1S/C14H16FN3O2S/c1-3-17-13-7-8-16-9-14(13)21(19,20)18-12-6-4-5-11(15)10(12)2/h4-9,18H,3H2,1-2H3,(H,16,17). The van der Waals surface area contributed by atoms with Crippen LogP contribution in [-0.2, 0) is 10.0 Å². The maximum Gasteiger partial charge on any atom is 0.265 e. The summed E-state index contributed by atoms with van der Waals surface area (Å²) >= 11 is 0. The molecule has 5 nitrogen and oxygen atoms in total. The molecule has 7 heteroatoms. The molecule has 2 rings (SSSR count). The van der Waals surface area contributed by atoms with Crippen molar-refractivity contribution >= 4 is 21.4 Å². The molecule has 1 heterocycles. The molecule has 0 fully saturated rings. The number of nitrogens with one attached hydrogen (secondary N) is 2. The molecule has 0 amide bonds. The molecule has 21 heavy (non-hydrogen) atoms. The van der Waals surface area contributed by atoms with Crippen LogP contribution in [0.15, 0.2) is 41.6 Å². The number of sulfonamides is 1. The fraction of sp³-hybridized carbons (Fsp3) is 0.214. The van der Waals surface area contributed by atoms with Crippen LogP contribution in [0.4, 0.5) is 15.8 Å². The van der Waals surface area contributed by atoms with Gasteiger partial charge in [0.05, 0.1) is 11.4 Å². The van der Waals surface area contributed by atoms with Gasteiger partial charge in [0.25, 0.3) is 10.0 Å². The highest BCUT2D eigenvalue weighted by Gasteiger charge is 2.20. The Kier molecular flexibility index (Phi) is 4.42. The SMILES string of the molecule is CCNc1ccncc1S(=O)(=O)Nc1cccc(F)c1C. The zero-order valence-electron chi connectivity index (χ0n) is 11.7. The molecule has 1 aromatic heterocycles. The van der Waals surface area contributed by atoms with E-state index in [1.807, 2.05) is 6.92 Å². The van der Waals surface area contributed by atoms with Crippen molar-refractivity contribution in [3.8, 4) is 0 Å². The number of rotatable bonds is 5. The van der Waals surface area contributed by atoms with Crippen molar-refractivity contribution in [2.24, 2.45) is 0 Å². The molecule has 0 unspecified atom stereocenters. The Bertz CT molecular complexity index is 748. The van der Waals surface area contributed by atoms with Crippen molar-refractivity contribution in [1.82, 2.24) is 4.98 Å². The molecule has 2 N–H and O–H groups in total. The number of pyridine rings is 1. The third-order valence-electron chi connectivity index (χ3n) is 2.95. The van der Waals surface area contributed by atoms with Crippen LogP contribution in [0.2, 0.25) is 0 Å². The lowest BCUT2D eigenvalue weighted by Gasteiger charge is -2.14. The van der Waals surface area contributed by atoms with E-state index in [4.69, 9.17) is 0 Å². The number of anilines is 2. The molecule has 0 aliphatic rings. The molecule has 0 spiro atoms. The Morgan fingerprint density at radius 1 is 1.24 bits per heavy atom. The van der Waals surface area contributed by atoms with Crippen LogP contribution < -0.4 is 10.0 Å². The second-order valence-corrected chi connectivity index (χ2v) is 6.07. The van der Waals surface area contributed by atoms with Gasteiger partial charge in [0.2, 0.25) is 0 Å². The van der Waals surface area contributed by atoms with E-state index in [9.17, 15) is 12.8 Å². The van der Waals surface area contributed by atoms with Crippen LogP contribution in [0.1, 0.15) is 12.5 Å². The highest BCUT2D eigenvalue weighted by molar-refractivity contribution is 7.92. The number of benzene rings is 1. The van der Waals surface area contributed by atoms with Crippen molar-refractivity contribution in [2.75, 3.05) is 16.6 Å². The molecule has 0 aliphatic heterocycles. The molecule has 0 aliphatic carbocycles. The zero-order chi connectivity index (χ0) is 15.5. The average molecular weight is 309 g/mol. The molecule has 0 saturated carbocycles. The maximum absolute atomic E-state index is 13.5. The van der Waals surface area contributed by atoms with E-state index in [0.29, 0.717) is 12.2 Å². The topological polar surface area (TPSA) is 71.1 Å². The van der Waals surface area contributed by atoms with Gasteiger partial charge in [-0.1, -0.05) is 6.07 Å². The summed E-state index contributed by atoms with van der Waals surface area (Å²) in [5, 5.41) is 2.96. The van der Waals surface area contributed by atoms with E-state index in [-0.39, 0.29) is 16.1 Å². The van der Waals surface area contributed by atoms with Gasteiger partial charge in [-0.25, -0.2) is 12.8 Å². The van der Waals surface area contributed by atoms with Crippen LogP contribution in [0, 0.1) is 12.7 Å². The molecule has 0 atom stereocenters. The smallest absolute Gasteiger partial charge is 0.265 e. The summed E-state index contributed by atoms with van der Waals surface area (Å²) in [4.78, 5) is 3.87. The molecule has 0 saturated heterocycles. The second kappa shape index (κ2) is 6.09. The number of halogens is 1. The minimum Gasteiger partial charge on any atom is -0.384 e. The van der Waals surface area contributed by atoms with Crippen LogP contribution >= 0.6 is 0 Å². The van der Waals surface area contributed by atoms with Crippen molar-refractivity contribution < 1.29 is 12.8 Å². The molecular weight excluding hydrogens is 293 g/mol. The minimum atomic E-state index is -3.85. The Balaban J connectivity index is 2.41. The van der Waals surface area contributed by atoms with Gasteiger partial charge in [0, 0.05) is 24.5 Å². The Labute approximate surface area is 123 Å². The zero-order valence-corrected chi connectivity index (χ0v) is 12.5. The number of nitrogens with zero attached hydrogens (tertiary/aromatic N) is 1. The predicted molar refractivity (Wildman–Crippen MR) is 80.3 cm³/mol. The van der Waals surface area contributed by atoms with Crippen LogP contribution in [0.5, 0.6) is 0 Å². The predicted octanol–water partition coefficient (Wildman–Crippen LogP) is 2.76. The van der Waals surface area contributed by atoms with Gasteiger partial charge in [-0.3, -0.25) is 9.71 Å². The van der Waals surface area contributed by atoms with Crippen molar-refractivity contribution in [2.45, 2.75) is 18.7 Å². The van der Waals surface area contributed by atoms with Gasteiger partial charge in [-0.15, -0.1) is 0 Å². The van der Waals surface area contributed by atoms with Crippen LogP contribution in [-0.4, -0.2) is 19.9 Å². The van der Waals surface area contributed by atoms with Crippen molar-refractivity contribution in [3.05, 3.63) is 48.0 Å². The highest BCUT2D eigenvalue weighted by atomic mass is 32.2. The summed E-state index contributed by atoms with van der Waals surface area (Å²) < 4.78 is 40.8. The van der Waals surface area contributed by atoms with Gasteiger partial charge in [0.1, 0.15) is 10.7 Å². The Hall–Kier alpha value is -2.15. The van der Waals surface area contributed by atoms with Crippen LogP contribution in [0.3, 0.4) is 0 Å². The first-order chi connectivity index (χ1) is 9.95. The van der Waals surface area contributed by atoms with Crippen molar-refractivity contribution in [3.63, 3.8) is 0 Å². The summed E-state index contributed by atoms with van der Waals surface area (Å²) in [6.45, 7) is 3.95.